The van der Waals surface area contributed by atoms with Crippen molar-refractivity contribution in [3.05, 3.63) is 46.2 Å². The van der Waals surface area contributed by atoms with Crippen LogP contribution in [-0.4, -0.2) is 23.8 Å². The van der Waals surface area contributed by atoms with Gasteiger partial charge >= 0.3 is 5.97 Å². The van der Waals surface area contributed by atoms with Gasteiger partial charge in [-0.1, -0.05) is 30.3 Å². The predicted molar refractivity (Wildman–Crippen MR) is 73.1 cm³/mol. The van der Waals surface area contributed by atoms with Crippen LogP contribution < -0.4 is 11.3 Å². The molecule has 20 heavy (non-hydrogen) atoms. The molecule has 2 aromatic rings. The quantitative estimate of drug-likeness (QED) is 0.796. The van der Waals surface area contributed by atoms with Gasteiger partial charge in [0.1, 0.15) is 6.04 Å². The summed E-state index contributed by atoms with van der Waals surface area (Å²) in [6, 6.07) is 8.25. The summed E-state index contributed by atoms with van der Waals surface area (Å²) in [6.07, 6.45) is 0.0644. The highest BCUT2D eigenvalue weighted by Gasteiger charge is 2.22. The van der Waals surface area contributed by atoms with Crippen LogP contribution in [0, 0.1) is 0 Å². The maximum atomic E-state index is 11.8. The van der Waals surface area contributed by atoms with Crippen molar-refractivity contribution in [3.63, 3.8) is 0 Å². The van der Waals surface area contributed by atoms with Crippen LogP contribution in [0.4, 0.5) is 0 Å². The summed E-state index contributed by atoms with van der Waals surface area (Å²) in [5.41, 5.74) is 6.45. The van der Waals surface area contributed by atoms with Crippen LogP contribution in [0.25, 0.3) is 11.3 Å². The van der Waals surface area contributed by atoms with E-state index in [1.54, 1.807) is 6.92 Å². The van der Waals surface area contributed by atoms with Gasteiger partial charge in [-0.15, -0.1) is 0 Å². The molecule has 6 nitrogen and oxygen atoms in total. The molecular formula is C14H16N2O4. The summed E-state index contributed by atoms with van der Waals surface area (Å²) in [4.78, 5) is 23.3. The van der Waals surface area contributed by atoms with Crippen molar-refractivity contribution in [1.29, 1.82) is 0 Å². The fourth-order valence-corrected chi connectivity index (χ4v) is 1.88. The number of hydrogen-bond acceptors (Lipinski definition) is 5. The lowest BCUT2D eigenvalue weighted by Crippen LogP contribution is -2.35. The highest BCUT2D eigenvalue weighted by molar-refractivity contribution is 5.76. The zero-order valence-electron chi connectivity index (χ0n) is 11.1. The monoisotopic (exact) mass is 276 g/mol. The maximum absolute atomic E-state index is 11.8. The van der Waals surface area contributed by atoms with Crippen molar-refractivity contribution in [2.24, 2.45) is 5.73 Å². The van der Waals surface area contributed by atoms with Crippen molar-refractivity contribution in [2.45, 2.75) is 19.4 Å². The average molecular weight is 276 g/mol. The molecule has 0 radical (unpaired) electrons. The molecule has 0 bridgehead atoms. The van der Waals surface area contributed by atoms with E-state index in [4.69, 9.17) is 15.0 Å². The average Bonchev–Trinajstić information content (AvgIpc) is 2.81. The number of H-pyrrole nitrogens is 1. The molecule has 0 aliphatic carbocycles. The molecule has 1 aromatic heterocycles. The first-order chi connectivity index (χ1) is 9.63. The van der Waals surface area contributed by atoms with Gasteiger partial charge in [-0.05, 0) is 6.92 Å². The Labute approximate surface area is 115 Å². The van der Waals surface area contributed by atoms with E-state index in [-0.39, 0.29) is 18.6 Å². The Balaban J connectivity index is 2.27. The topological polar surface area (TPSA) is 98.3 Å². The molecule has 1 unspecified atom stereocenters. The Morgan fingerprint density at radius 3 is 2.75 bits per heavy atom. The normalized spacial score (nSPS) is 12.1. The zero-order chi connectivity index (χ0) is 14.5. The van der Waals surface area contributed by atoms with Gasteiger partial charge in [0.2, 0.25) is 0 Å². The van der Waals surface area contributed by atoms with Crippen molar-refractivity contribution < 1.29 is 14.1 Å². The van der Waals surface area contributed by atoms with Crippen molar-refractivity contribution >= 4 is 5.97 Å². The number of esters is 1. The van der Waals surface area contributed by atoms with Crippen molar-refractivity contribution in [1.82, 2.24) is 5.16 Å². The Morgan fingerprint density at radius 2 is 2.10 bits per heavy atom. The first-order valence-electron chi connectivity index (χ1n) is 6.31. The van der Waals surface area contributed by atoms with Gasteiger partial charge in [-0.25, -0.2) is 0 Å². The summed E-state index contributed by atoms with van der Waals surface area (Å²) in [7, 11) is 0. The number of hydrogen-bond donors (Lipinski definition) is 2. The summed E-state index contributed by atoms with van der Waals surface area (Å²) >= 11 is 0. The summed E-state index contributed by atoms with van der Waals surface area (Å²) < 4.78 is 10.0. The van der Waals surface area contributed by atoms with E-state index in [9.17, 15) is 9.59 Å². The fraction of sp³-hybridized carbons (Fsp3) is 0.286. The van der Waals surface area contributed by atoms with E-state index in [0.29, 0.717) is 11.3 Å². The third-order valence-corrected chi connectivity index (χ3v) is 2.84. The second-order valence-corrected chi connectivity index (χ2v) is 4.27. The van der Waals surface area contributed by atoms with E-state index in [2.05, 4.69) is 5.16 Å². The zero-order valence-corrected chi connectivity index (χ0v) is 11.1. The molecule has 6 heteroatoms. The van der Waals surface area contributed by atoms with Gasteiger partial charge < -0.3 is 15.0 Å². The van der Waals surface area contributed by atoms with Gasteiger partial charge in [-0.3, -0.25) is 9.59 Å². The molecule has 0 fully saturated rings. The van der Waals surface area contributed by atoms with Crippen LogP contribution in [0.5, 0.6) is 0 Å². The summed E-state index contributed by atoms with van der Waals surface area (Å²) in [5, 5.41) is 2.27. The lowest BCUT2D eigenvalue weighted by molar-refractivity contribution is -0.144. The first kappa shape index (κ1) is 14.1. The van der Waals surface area contributed by atoms with Crippen molar-refractivity contribution in [3.8, 4) is 11.3 Å². The number of aromatic amines is 1. The molecule has 0 saturated carbocycles. The number of ether oxygens (including phenoxy) is 1. The maximum Gasteiger partial charge on any atom is 0.323 e. The van der Waals surface area contributed by atoms with E-state index in [1.807, 2.05) is 30.3 Å². The Bertz CT molecular complexity index is 630. The smallest absolute Gasteiger partial charge is 0.323 e. The number of carbonyl (C=O) groups excluding carboxylic acids is 1. The molecule has 1 heterocycles. The molecule has 106 valence electrons. The van der Waals surface area contributed by atoms with Gasteiger partial charge in [0.15, 0.2) is 5.76 Å². The third-order valence-electron chi connectivity index (χ3n) is 2.84. The van der Waals surface area contributed by atoms with Gasteiger partial charge in [0, 0.05) is 12.0 Å². The third kappa shape index (κ3) is 2.97. The lowest BCUT2D eigenvalue weighted by atomic mass is 10.0. The summed E-state index contributed by atoms with van der Waals surface area (Å²) in [5.74, 6) is -0.137. The molecule has 0 aliphatic rings. The number of rotatable bonds is 5. The van der Waals surface area contributed by atoms with E-state index >= 15 is 0 Å². The standard InChI is InChI=1S/C14H16N2O4/c1-2-19-14(18)11(15)8-10-12(20-16-13(10)17)9-6-4-3-5-7-9/h3-7,11H,2,8,15H2,1H3,(H,16,17). The lowest BCUT2D eigenvalue weighted by Gasteiger charge is -2.09. The molecule has 3 N–H and O–H groups in total. The number of aromatic nitrogens is 1. The van der Waals surface area contributed by atoms with E-state index in [1.165, 1.54) is 0 Å². The largest absolute Gasteiger partial charge is 0.465 e. The minimum Gasteiger partial charge on any atom is -0.465 e. The van der Waals surface area contributed by atoms with Crippen molar-refractivity contribution in [2.75, 3.05) is 6.61 Å². The molecule has 0 saturated heterocycles. The van der Waals surface area contributed by atoms with Crippen LogP contribution in [-0.2, 0) is 16.0 Å². The van der Waals surface area contributed by atoms with E-state index in [0.717, 1.165) is 5.56 Å². The van der Waals surface area contributed by atoms with E-state index < -0.39 is 12.0 Å². The molecule has 2 rings (SSSR count). The Hall–Kier alpha value is -2.34. The summed E-state index contributed by atoms with van der Waals surface area (Å²) in [6.45, 7) is 1.95. The SMILES string of the molecule is CCOC(=O)C(N)Cc1c(-c2ccccc2)o[nH]c1=O. The van der Waals surface area contributed by atoms with Crippen LogP contribution in [0.2, 0.25) is 0 Å². The van der Waals surface area contributed by atoms with Gasteiger partial charge in [0.25, 0.3) is 5.56 Å². The highest BCUT2D eigenvalue weighted by Crippen LogP contribution is 2.21. The minimum absolute atomic E-state index is 0.0644. The van der Waals surface area contributed by atoms with Crippen LogP contribution >= 0.6 is 0 Å². The molecule has 0 aliphatic heterocycles. The van der Waals surface area contributed by atoms with Gasteiger partial charge in [-0.2, -0.15) is 5.16 Å². The second kappa shape index (κ2) is 6.21. The molecule has 0 spiro atoms. The molecule has 0 amide bonds. The second-order valence-electron chi connectivity index (χ2n) is 4.27. The molecule has 1 aromatic carbocycles. The molecule has 1 atom stereocenters. The number of nitrogens with one attached hydrogen (secondary N) is 1. The van der Waals surface area contributed by atoms with Crippen LogP contribution in [0.3, 0.4) is 0 Å². The fourth-order valence-electron chi connectivity index (χ4n) is 1.88. The first-order valence-corrected chi connectivity index (χ1v) is 6.31. The van der Waals surface area contributed by atoms with Crippen LogP contribution in [0.15, 0.2) is 39.6 Å². The number of benzene rings is 1. The Morgan fingerprint density at radius 1 is 1.40 bits per heavy atom. The number of carbonyl (C=O) groups is 1. The van der Waals surface area contributed by atoms with Gasteiger partial charge in [0.05, 0.1) is 12.2 Å². The molecular weight excluding hydrogens is 260 g/mol. The number of nitrogens with two attached hydrogens (primary N) is 1. The predicted octanol–water partition coefficient (Wildman–Crippen LogP) is 1.07. The van der Waals surface area contributed by atoms with Crippen LogP contribution in [0.1, 0.15) is 12.5 Å². The Kier molecular flexibility index (Phi) is 4.37. The minimum atomic E-state index is -0.892. The highest BCUT2D eigenvalue weighted by atomic mass is 16.5.